The molecule has 1 aliphatic rings. The predicted octanol–water partition coefficient (Wildman–Crippen LogP) is 4.84. The summed E-state index contributed by atoms with van der Waals surface area (Å²) in [5.74, 6) is 1.39. The van der Waals surface area contributed by atoms with Gasteiger partial charge in [0.2, 0.25) is 5.88 Å². The number of aromatic nitrogens is 4. The van der Waals surface area contributed by atoms with E-state index in [-0.39, 0.29) is 11.8 Å². The topological polar surface area (TPSA) is 73.1 Å². The van der Waals surface area contributed by atoms with Gasteiger partial charge in [0.05, 0.1) is 18.2 Å². The summed E-state index contributed by atoms with van der Waals surface area (Å²) < 4.78 is 7.92. The number of imidazole rings is 1. The number of carbonyl (C=O) groups is 1. The van der Waals surface area contributed by atoms with Gasteiger partial charge in [-0.3, -0.25) is 9.78 Å². The third-order valence-corrected chi connectivity index (χ3v) is 6.07. The molecule has 0 saturated carbocycles. The fraction of sp³-hybridized carbons (Fsp3) is 0.259. The standard InChI is InChI=1S/C27H27N5O2/c1-20-5-2-9-24(13-20)34-26-16-29-15-25(30-26)23-8-4-11-32(18-23)27(33)22-7-3-6-21(14-22)17-31-12-10-28-19-31/h2-3,5-7,9-10,12-16,19,23H,4,8,11,17-18H2,1H3. The zero-order valence-electron chi connectivity index (χ0n) is 19.2. The molecule has 4 aromatic rings. The summed E-state index contributed by atoms with van der Waals surface area (Å²) in [6, 6.07) is 15.7. The lowest BCUT2D eigenvalue weighted by Gasteiger charge is -2.32. The van der Waals surface area contributed by atoms with Crippen LogP contribution in [0.2, 0.25) is 0 Å². The van der Waals surface area contributed by atoms with Crippen LogP contribution < -0.4 is 4.74 Å². The summed E-state index contributed by atoms with van der Waals surface area (Å²) in [4.78, 5) is 28.4. The molecule has 1 fully saturated rings. The molecule has 2 aromatic carbocycles. The van der Waals surface area contributed by atoms with Crippen molar-refractivity contribution >= 4 is 5.91 Å². The van der Waals surface area contributed by atoms with Crippen molar-refractivity contribution in [2.75, 3.05) is 13.1 Å². The molecule has 34 heavy (non-hydrogen) atoms. The van der Waals surface area contributed by atoms with Crippen molar-refractivity contribution in [1.82, 2.24) is 24.4 Å². The van der Waals surface area contributed by atoms with Crippen LogP contribution >= 0.6 is 0 Å². The number of piperidine rings is 1. The van der Waals surface area contributed by atoms with Crippen LogP contribution in [0.15, 0.2) is 79.6 Å². The number of benzene rings is 2. The molecule has 0 N–H and O–H groups in total. The highest BCUT2D eigenvalue weighted by Gasteiger charge is 2.27. The van der Waals surface area contributed by atoms with Gasteiger partial charge in [0.1, 0.15) is 5.75 Å². The van der Waals surface area contributed by atoms with Crippen LogP contribution in [0, 0.1) is 6.92 Å². The van der Waals surface area contributed by atoms with Crippen molar-refractivity contribution < 1.29 is 9.53 Å². The summed E-state index contributed by atoms with van der Waals surface area (Å²) >= 11 is 0. The summed E-state index contributed by atoms with van der Waals surface area (Å²) in [7, 11) is 0. The molecule has 0 radical (unpaired) electrons. The van der Waals surface area contributed by atoms with Crippen molar-refractivity contribution in [3.05, 3.63) is 102 Å². The average Bonchev–Trinajstić information content (AvgIpc) is 3.37. The zero-order valence-corrected chi connectivity index (χ0v) is 19.2. The van der Waals surface area contributed by atoms with Gasteiger partial charge >= 0.3 is 0 Å². The van der Waals surface area contributed by atoms with Crippen LogP contribution in [0.4, 0.5) is 0 Å². The lowest BCUT2D eigenvalue weighted by Crippen LogP contribution is -2.39. The number of carbonyl (C=O) groups excluding carboxylic acids is 1. The molecule has 1 aliphatic heterocycles. The molecule has 5 rings (SSSR count). The fourth-order valence-corrected chi connectivity index (χ4v) is 4.39. The lowest BCUT2D eigenvalue weighted by molar-refractivity contribution is 0.0705. The molecule has 7 heteroatoms. The van der Waals surface area contributed by atoms with Gasteiger partial charge in [-0.1, -0.05) is 24.3 Å². The summed E-state index contributed by atoms with van der Waals surface area (Å²) in [6.45, 7) is 4.07. The minimum absolute atomic E-state index is 0.0531. The molecule has 3 heterocycles. The van der Waals surface area contributed by atoms with Gasteiger partial charge in [-0.25, -0.2) is 9.97 Å². The maximum atomic E-state index is 13.3. The Balaban J connectivity index is 1.28. The average molecular weight is 454 g/mol. The quantitative estimate of drug-likeness (QED) is 0.418. The van der Waals surface area contributed by atoms with Crippen LogP contribution in [0.3, 0.4) is 0 Å². The molecule has 1 unspecified atom stereocenters. The second-order valence-corrected chi connectivity index (χ2v) is 8.73. The molecule has 1 atom stereocenters. The van der Waals surface area contributed by atoms with E-state index in [1.807, 2.05) is 71.1 Å². The van der Waals surface area contributed by atoms with E-state index in [1.54, 1.807) is 24.9 Å². The van der Waals surface area contributed by atoms with Gasteiger partial charge in [-0.05, 0) is 55.2 Å². The first-order valence-corrected chi connectivity index (χ1v) is 11.5. The van der Waals surface area contributed by atoms with Gasteiger partial charge in [-0.2, -0.15) is 0 Å². The number of aryl methyl sites for hydroxylation is 1. The first-order chi connectivity index (χ1) is 16.6. The minimum atomic E-state index is 0.0531. The van der Waals surface area contributed by atoms with Crippen molar-refractivity contribution in [3.63, 3.8) is 0 Å². The van der Waals surface area contributed by atoms with Crippen LogP contribution in [0.1, 0.15) is 45.9 Å². The van der Waals surface area contributed by atoms with Crippen LogP contribution in [-0.2, 0) is 6.54 Å². The van der Waals surface area contributed by atoms with E-state index < -0.39 is 0 Å². The Labute approximate surface area is 199 Å². The highest BCUT2D eigenvalue weighted by molar-refractivity contribution is 5.94. The Morgan fingerprint density at radius 1 is 1.12 bits per heavy atom. The Bertz CT molecular complexity index is 1270. The minimum Gasteiger partial charge on any atom is -0.437 e. The number of nitrogens with zero attached hydrogens (tertiary/aromatic N) is 5. The van der Waals surface area contributed by atoms with E-state index in [4.69, 9.17) is 9.72 Å². The molecular weight excluding hydrogens is 426 g/mol. The third kappa shape index (κ3) is 5.14. The number of ether oxygens (including phenoxy) is 1. The van der Waals surface area contributed by atoms with Crippen LogP contribution in [0.25, 0.3) is 0 Å². The van der Waals surface area contributed by atoms with E-state index in [9.17, 15) is 4.79 Å². The van der Waals surface area contributed by atoms with Crippen LogP contribution in [-0.4, -0.2) is 43.4 Å². The molecule has 0 bridgehead atoms. The first kappa shape index (κ1) is 21.8. The fourth-order valence-electron chi connectivity index (χ4n) is 4.39. The summed E-state index contributed by atoms with van der Waals surface area (Å²) in [5.41, 5.74) is 3.76. The van der Waals surface area contributed by atoms with Crippen LogP contribution in [0.5, 0.6) is 11.6 Å². The second kappa shape index (κ2) is 9.87. The molecule has 7 nitrogen and oxygen atoms in total. The largest absolute Gasteiger partial charge is 0.437 e. The van der Waals surface area contributed by atoms with Gasteiger partial charge in [0.25, 0.3) is 5.91 Å². The molecule has 2 aromatic heterocycles. The van der Waals surface area contributed by atoms with E-state index in [1.165, 1.54) is 0 Å². The summed E-state index contributed by atoms with van der Waals surface area (Å²) in [6.07, 6.45) is 10.8. The Morgan fingerprint density at radius 3 is 2.88 bits per heavy atom. The highest BCUT2D eigenvalue weighted by atomic mass is 16.5. The van der Waals surface area contributed by atoms with Gasteiger partial charge in [-0.15, -0.1) is 0 Å². The third-order valence-electron chi connectivity index (χ3n) is 6.07. The number of hydrogen-bond donors (Lipinski definition) is 0. The highest BCUT2D eigenvalue weighted by Crippen LogP contribution is 2.28. The lowest BCUT2D eigenvalue weighted by atomic mass is 9.94. The van der Waals surface area contributed by atoms with Gasteiger partial charge < -0.3 is 14.2 Å². The van der Waals surface area contributed by atoms with Crippen molar-refractivity contribution in [2.24, 2.45) is 0 Å². The number of amides is 1. The maximum Gasteiger partial charge on any atom is 0.253 e. The number of likely N-dealkylation sites (tertiary alicyclic amines) is 1. The Morgan fingerprint density at radius 2 is 2.03 bits per heavy atom. The zero-order chi connectivity index (χ0) is 23.3. The maximum absolute atomic E-state index is 13.3. The molecule has 0 aliphatic carbocycles. The van der Waals surface area contributed by atoms with Gasteiger partial charge in [0.15, 0.2) is 0 Å². The first-order valence-electron chi connectivity index (χ1n) is 11.5. The number of hydrogen-bond acceptors (Lipinski definition) is 5. The van der Waals surface area contributed by atoms with Crippen molar-refractivity contribution in [2.45, 2.75) is 32.2 Å². The monoisotopic (exact) mass is 453 g/mol. The smallest absolute Gasteiger partial charge is 0.253 e. The van der Waals surface area contributed by atoms with E-state index in [2.05, 4.69) is 9.97 Å². The second-order valence-electron chi connectivity index (χ2n) is 8.73. The SMILES string of the molecule is Cc1cccc(Oc2cncc(C3CCCN(C(=O)c4cccc(Cn5ccnc5)c4)C3)n2)c1. The Kier molecular flexibility index (Phi) is 6.33. The van der Waals surface area contributed by atoms with Gasteiger partial charge in [0, 0.05) is 49.7 Å². The van der Waals surface area contributed by atoms with Crippen molar-refractivity contribution in [3.8, 4) is 11.6 Å². The normalized spacial score (nSPS) is 15.8. The predicted molar refractivity (Wildman–Crippen MR) is 129 cm³/mol. The van der Waals surface area contributed by atoms with Crippen molar-refractivity contribution in [1.29, 1.82) is 0 Å². The van der Waals surface area contributed by atoms with E-state index in [0.29, 0.717) is 24.5 Å². The molecule has 172 valence electrons. The summed E-state index contributed by atoms with van der Waals surface area (Å²) in [5, 5.41) is 0. The Hall–Kier alpha value is -4.00. The molecule has 0 spiro atoms. The molecular formula is C27H27N5O2. The number of rotatable bonds is 6. The van der Waals surface area contributed by atoms with E-state index in [0.717, 1.165) is 42.0 Å². The molecule has 1 saturated heterocycles. The van der Waals surface area contributed by atoms with E-state index >= 15 is 0 Å². The molecule has 1 amide bonds.